The Hall–Kier alpha value is -0.590. The van der Waals surface area contributed by atoms with Crippen molar-refractivity contribution in [2.24, 2.45) is 17.8 Å². The van der Waals surface area contributed by atoms with E-state index < -0.39 is 0 Å². The number of rotatable bonds is 7. The molecule has 0 aromatic heterocycles. The van der Waals surface area contributed by atoms with Crippen molar-refractivity contribution in [3.8, 4) is 6.07 Å². The van der Waals surface area contributed by atoms with Gasteiger partial charge in [-0.3, -0.25) is 4.90 Å². The van der Waals surface area contributed by atoms with Crippen LogP contribution in [-0.4, -0.2) is 38.3 Å². The van der Waals surface area contributed by atoms with Crippen LogP contribution in [0.5, 0.6) is 0 Å². The van der Waals surface area contributed by atoms with E-state index in [1.807, 2.05) is 0 Å². The van der Waals surface area contributed by atoms with Gasteiger partial charge in [0, 0.05) is 33.2 Å². The van der Waals surface area contributed by atoms with Crippen molar-refractivity contribution in [1.82, 2.24) is 4.90 Å². The molecule has 0 aromatic rings. The number of hydrogen-bond acceptors (Lipinski definition) is 3. The Balaban J connectivity index is 1.77. The van der Waals surface area contributed by atoms with Crippen molar-refractivity contribution >= 4 is 0 Å². The van der Waals surface area contributed by atoms with Gasteiger partial charge in [0.15, 0.2) is 0 Å². The smallest absolute Gasteiger partial charge is 0.0635 e. The maximum Gasteiger partial charge on any atom is 0.0635 e. The molecule has 2 saturated carbocycles. The lowest BCUT2D eigenvalue weighted by Gasteiger charge is -2.29. The molecule has 2 rings (SSSR count). The summed E-state index contributed by atoms with van der Waals surface area (Å²) in [5.41, 5.74) is 0. The van der Waals surface area contributed by atoms with E-state index in [0.717, 1.165) is 37.5 Å². The first kappa shape index (κ1) is 12.9. The number of methoxy groups -OCH3 is 1. The lowest BCUT2D eigenvalue weighted by Crippen LogP contribution is -2.35. The molecule has 2 fully saturated rings. The van der Waals surface area contributed by atoms with Gasteiger partial charge in [-0.2, -0.15) is 5.26 Å². The lowest BCUT2D eigenvalue weighted by molar-refractivity contribution is 0.127. The molecule has 0 heterocycles. The van der Waals surface area contributed by atoms with Gasteiger partial charge in [0.25, 0.3) is 0 Å². The van der Waals surface area contributed by atoms with Gasteiger partial charge in [0.1, 0.15) is 0 Å². The van der Waals surface area contributed by atoms with Gasteiger partial charge in [-0.05, 0) is 37.0 Å². The van der Waals surface area contributed by atoms with Gasteiger partial charge in [0.2, 0.25) is 0 Å². The fourth-order valence-corrected chi connectivity index (χ4v) is 3.65. The highest BCUT2D eigenvalue weighted by molar-refractivity contribution is 4.91. The molecule has 2 bridgehead atoms. The average Bonchev–Trinajstić information content (AvgIpc) is 2.94. The van der Waals surface area contributed by atoms with Crippen molar-refractivity contribution in [3.63, 3.8) is 0 Å². The highest BCUT2D eigenvalue weighted by atomic mass is 16.5. The van der Waals surface area contributed by atoms with Crippen LogP contribution in [0.1, 0.15) is 32.1 Å². The van der Waals surface area contributed by atoms with E-state index >= 15 is 0 Å². The van der Waals surface area contributed by atoms with Crippen molar-refractivity contribution in [2.45, 2.75) is 32.1 Å². The third-order valence-corrected chi connectivity index (χ3v) is 4.53. The Morgan fingerprint density at radius 1 is 1.29 bits per heavy atom. The summed E-state index contributed by atoms with van der Waals surface area (Å²) < 4.78 is 5.15. The minimum atomic E-state index is 0.643. The molecule has 96 valence electrons. The minimum Gasteiger partial charge on any atom is -0.383 e. The summed E-state index contributed by atoms with van der Waals surface area (Å²) in [4.78, 5) is 2.43. The largest absolute Gasteiger partial charge is 0.383 e. The number of nitriles is 1. The van der Waals surface area contributed by atoms with E-state index in [-0.39, 0.29) is 0 Å². The summed E-state index contributed by atoms with van der Waals surface area (Å²) in [6.07, 6.45) is 6.47. The normalized spacial score (nSPS) is 31.0. The first-order chi connectivity index (χ1) is 8.33. The van der Waals surface area contributed by atoms with Crippen molar-refractivity contribution in [2.75, 3.05) is 33.4 Å². The molecule has 3 heteroatoms. The molecule has 17 heavy (non-hydrogen) atoms. The van der Waals surface area contributed by atoms with Crippen LogP contribution in [0.4, 0.5) is 0 Å². The molecular formula is C14H24N2O. The van der Waals surface area contributed by atoms with Crippen LogP contribution >= 0.6 is 0 Å². The van der Waals surface area contributed by atoms with Crippen molar-refractivity contribution < 1.29 is 4.74 Å². The maximum absolute atomic E-state index is 8.70. The Bertz CT molecular complexity index is 274. The van der Waals surface area contributed by atoms with Crippen LogP contribution in [0.15, 0.2) is 0 Å². The molecule has 3 unspecified atom stereocenters. The van der Waals surface area contributed by atoms with Crippen molar-refractivity contribution in [1.29, 1.82) is 5.26 Å². The summed E-state index contributed by atoms with van der Waals surface area (Å²) >= 11 is 0. The Morgan fingerprint density at radius 2 is 2.18 bits per heavy atom. The third kappa shape index (κ3) is 3.43. The van der Waals surface area contributed by atoms with Gasteiger partial charge in [-0.25, -0.2) is 0 Å². The second-order valence-electron chi connectivity index (χ2n) is 5.64. The predicted octanol–water partition coefficient (Wildman–Crippen LogP) is 2.28. The minimum absolute atomic E-state index is 0.643. The van der Waals surface area contributed by atoms with Gasteiger partial charge < -0.3 is 4.74 Å². The Labute approximate surface area is 105 Å². The van der Waals surface area contributed by atoms with Gasteiger partial charge in [-0.1, -0.05) is 6.42 Å². The molecule has 0 amide bonds. The molecule has 3 nitrogen and oxygen atoms in total. The van der Waals surface area contributed by atoms with Crippen LogP contribution in [-0.2, 0) is 4.74 Å². The first-order valence-corrected chi connectivity index (χ1v) is 6.91. The van der Waals surface area contributed by atoms with Gasteiger partial charge >= 0.3 is 0 Å². The third-order valence-electron chi connectivity index (χ3n) is 4.53. The molecule has 0 aliphatic heterocycles. The zero-order valence-electron chi connectivity index (χ0n) is 10.9. The van der Waals surface area contributed by atoms with Crippen LogP contribution in [0.3, 0.4) is 0 Å². The summed E-state index contributed by atoms with van der Waals surface area (Å²) in [5.74, 6) is 2.89. The van der Waals surface area contributed by atoms with E-state index in [1.165, 1.54) is 32.2 Å². The summed E-state index contributed by atoms with van der Waals surface area (Å²) in [6.45, 7) is 3.86. The summed E-state index contributed by atoms with van der Waals surface area (Å²) in [5, 5.41) is 8.70. The van der Waals surface area contributed by atoms with E-state index in [0.29, 0.717) is 6.42 Å². The van der Waals surface area contributed by atoms with Crippen LogP contribution in [0.25, 0.3) is 0 Å². The quantitative estimate of drug-likeness (QED) is 0.680. The van der Waals surface area contributed by atoms with Gasteiger partial charge in [0.05, 0.1) is 12.7 Å². The second-order valence-corrected chi connectivity index (χ2v) is 5.64. The molecule has 0 saturated heterocycles. The van der Waals surface area contributed by atoms with Crippen molar-refractivity contribution in [3.05, 3.63) is 0 Å². The van der Waals surface area contributed by atoms with E-state index in [9.17, 15) is 0 Å². The Kier molecular flexibility index (Phi) is 4.82. The molecular weight excluding hydrogens is 212 g/mol. The predicted molar refractivity (Wildman–Crippen MR) is 67.5 cm³/mol. The Morgan fingerprint density at radius 3 is 2.76 bits per heavy atom. The topological polar surface area (TPSA) is 36.3 Å². The number of ether oxygens (including phenoxy) is 1. The molecule has 0 spiro atoms. The second kappa shape index (κ2) is 6.37. The average molecular weight is 236 g/mol. The number of nitrogens with zero attached hydrogens (tertiary/aromatic N) is 2. The van der Waals surface area contributed by atoms with Crippen LogP contribution in [0.2, 0.25) is 0 Å². The van der Waals surface area contributed by atoms with Crippen LogP contribution in [0, 0.1) is 29.1 Å². The van der Waals surface area contributed by atoms with Crippen LogP contribution < -0.4 is 0 Å². The fraction of sp³-hybridized carbons (Fsp3) is 0.929. The SMILES string of the molecule is COCCN(CCC#N)CC1CC2CCC1C2. The first-order valence-electron chi connectivity index (χ1n) is 6.91. The fourth-order valence-electron chi connectivity index (χ4n) is 3.65. The number of hydrogen-bond donors (Lipinski definition) is 0. The molecule has 0 aromatic carbocycles. The highest BCUT2D eigenvalue weighted by Gasteiger charge is 2.39. The summed E-state index contributed by atoms with van der Waals surface area (Å²) in [6, 6.07) is 2.25. The standard InChI is InChI=1S/C14H24N2O/c1-17-8-7-16(6-2-5-15)11-14-10-12-3-4-13(14)9-12/h12-14H,2-4,6-11H2,1H3. The zero-order valence-corrected chi connectivity index (χ0v) is 10.9. The van der Waals surface area contributed by atoms with E-state index in [2.05, 4.69) is 11.0 Å². The zero-order chi connectivity index (χ0) is 12.1. The lowest BCUT2D eigenvalue weighted by atomic mass is 9.88. The molecule has 0 radical (unpaired) electrons. The molecule has 3 atom stereocenters. The highest BCUT2D eigenvalue weighted by Crippen LogP contribution is 2.48. The molecule has 0 N–H and O–H groups in total. The maximum atomic E-state index is 8.70. The van der Waals surface area contributed by atoms with Gasteiger partial charge in [-0.15, -0.1) is 0 Å². The van der Waals surface area contributed by atoms with E-state index in [4.69, 9.17) is 10.00 Å². The number of fused-ring (bicyclic) bond motifs is 2. The molecule has 2 aliphatic rings. The monoisotopic (exact) mass is 236 g/mol. The summed E-state index contributed by atoms with van der Waals surface area (Å²) in [7, 11) is 1.75. The van der Waals surface area contributed by atoms with E-state index in [1.54, 1.807) is 7.11 Å². The molecule has 2 aliphatic carbocycles.